The molecule has 9 nitrogen and oxygen atoms in total. The summed E-state index contributed by atoms with van der Waals surface area (Å²) in [5.74, 6) is 5.82. The lowest BCUT2D eigenvalue weighted by atomic mass is 9.73. The zero-order chi connectivity index (χ0) is 38.2. The number of carboxylic acid groups (broad SMARTS) is 1. The van der Waals surface area contributed by atoms with Crippen molar-refractivity contribution in [1.82, 2.24) is 5.32 Å². The number of allylic oxidation sites excluding steroid dienone is 2. The second-order valence-corrected chi connectivity index (χ2v) is 14.7. The van der Waals surface area contributed by atoms with Gasteiger partial charge in [-0.2, -0.15) is 0 Å². The maximum atomic E-state index is 12.6. The third kappa shape index (κ3) is 13.0. The van der Waals surface area contributed by atoms with Gasteiger partial charge in [-0.15, -0.1) is 0 Å². The van der Waals surface area contributed by atoms with Crippen molar-refractivity contribution in [1.29, 1.82) is 0 Å². The highest BCUT2D eigenvalue weighted by Gasteiger charge is 2.43. The Labute approximate surface area is 314 Å². The van der Waals surface area contributed by atoms with E-state index in [1.165, 1.54) is 0 Å². The van der Waals surface area contributed by atoms with Crippen LogP contribution in [-0.2, 0) is 17.6 Å². The molecule has 9 heteroatoms. The van der Waals surface area contributed by atoms with Crippen LogP contribution in [0.5, 0.6) is 5.75 Å². The summed E-state index contributed by atoms with van der Waals surface area (Å²) in [5, 5.41) is 78.3. The summed E-state index contributed by atoms with van der Waals surface area (Å²) in [6.45, 7) is 1.58. The molecule has 0 unspecified atom stereocenters. The molecule has 2 aromatic carbocycles. The number of phenols is 1. The first-order valence-corrected chi connectivity index (χ1v) is 19.3. The van der Waals surface area contributed by atoms with Gasteiger partial charge in [0.2, 0.25) is 0 Å². The predicted molar refractivity (Wildman–Crippen MR) is 207 cm³/mol. The average Bonchev–Trinajstić information content (AvgIpc) is 3.14. The molecule has 2 aromatic rings. The Kier molecular flexibility index (Phi) is 16.8. The summed E-state index contributed by atoms with van der Waals surface area (Å²) in [6, 6.07) is 13.8. The number of unbranched alkanes of at least 4 members (excludes halogenated alkanes) is 4. The standard InChI is InChI=1S/C44H59NO8/c1-2-3-15-40(49)41(50)26-23-34-21-19-32-11-8-9-12-33(32)20-22-35-13-10-27-44(53,29-31-17-24-36(47)25-18-31)43(35)45-39(38(34)28-37(48)30-46)14-6-4-5-7-16-42(51)52/h8-13,17-18,23-26,35,37,39-41,43,45-50,53H,2-7,14-16,19,21,27-30H2,1H3,(H,51,52)/t35-,37+,39+,40+,41-,43-,44+/m1/s1. The average molecular weight is 730 g/mol. The van der Waals surface area contributed by atoms with Gasteiger partial charge < -0.3 is 41.1 Å². The van der Waals surface area contributed by atoms with Gasteiger partial charge >= 0.3 is 5.97 Å². The van der Waals surface area contributed by atoms with Crippen molar-refractivity contribution in [2.75, 3.05) is 6.61 Å². The van der Waals surface area contributed by atoms with E-state index in [2.05, 4.69) is 17.2 Å². The molecule has 1 heterocycles. The largest absolute Gasteiger partial charge is 0.508 e. The van der Waals surface area contributed by atoms with Crippen LogP contribution in [-0.4, -0.2) is 84.3 Å². The van der Waals surface area contributed by atoms with Crippen LogP contribution in [0, 0.1) is 17.8 Å². The summed E-state index contributed by atoms with van der Waals surface area (Å²) >= 11 is 0. The number of carbonyl (C=O) groups is 1. The summed E-state index contributed by atoms with van der Waals surface area (Å²) in [7, 11) is 0. The van der Waals surface area contributed by atoms with Crippen LogP contribution in [0.25, 0.3) is 0 Å². The van der Waals surface area contributed by atoms with Crippen LogP contribution in [0.2, 0.25) is 0 Å². The molecule has 8 N–H and O–H groups in total. The van der Waals surface area contributed by atoms with E-state index in [9.17, 15) is 35.4 Å². The first-order chi connectivity index (χ1) is 25.5. The van der Waals surface area contributed by atoms with Crippen molar-refractivity contribution in [3.05, 3.63) is 101 Å². The van der Waals surface area contributed by atoms with Crippen LogP contribution < -0.4 is 5.32 Å². The monoisotopic (exact) mass is 729 g/mol. The zero-order valence-electron chi connectivity index (χ0n) is 31.0. The van der Waals surface area contributed by atoms with Crippen LogP contribution in [0.4, 0.5) is 0 Å². The van der Waals surface area contributed by atoms with Gasteiger partial charge in [-0.05, 0) is 85.4 Å². The third-order valence-corrected chi connectivity index (χ3v) is 10.5. The Bertz CT molecular complexity index is 1600. The van der Waals surface area contributed by atoms with E-state index in [0.29, 0.717) is 44.9 Å². The Morgan fingerprint density at radius 1 is 1.02 bits per heavy atom. The topological polar surface area (TPSA) is 171 Å². The fraction of sp³-hybridized carbons (Fsp3) is 0.523. The van der Waals surface area contributed by atoms with E-state index in [1.54, 1.807) is 30.3 Å². The summed E-state index contributed by atoms with van der Waals surface area (Å²) in [5.41, 5.74) is 3.18. The van der Waals surface area contributed by atoms with Gasteiger partial charge in [0.05, 0.1) is 42.5 Å². The van der Waals surface area contributed by atoms with Gasteiger partial charge in [-0.25, -0.2) is 0 Å². The second-order valence-electron chi connectivity index (χ2n) is 14.7. The minimum absolute atomic E-state index is 0.109. The molecular weight excluding hydrogens is 670 g/mol. The minimum atomic E-state index is -1.29. The normalized spacial score (nSPS) is 23.5. The molecular formula is C44H59NO8. The molecule has 1 aliphatic carbocycles. The highest BCUT2D eigenvalue weighted by Crippen LogP contribution is 2.35. The molecule has 0 aromatic heterocycles. The van der Waals surface area contributed by atoms with Crippen LogP contribution in [0.15, 0.2) is 84.0 Å². The summed E-state index contributed by atoms with van der Waals surface area (Å²) in [6.07, 6.45) is 12.0. The molecule has 0 amide bonds. The number of aliphatic carboxylic acids is 1. The fourth-order valence-corrected chi connectivity index (χ4v) is 7.47. The van der Waals surface area contributed by atoms with Crippen molar-refractivity contribution >= 4 is 5.97 Å². The lowest BCUT2D eigenvalue weighted by Crippen LogP contribution is -2.59. The first kappa shape index (κ1) is 42.0. The number of benzene rings is 2. The number of phenolic OH excluding ortho intramolecular Hbond substituents is 1. The quantitative estimate of drug-likeness (QED) is 0.0561. The molecule has 0 bridgehead atoms. The van der Waals surface area contributed by atoms with E-state index in [1.807, 2.05) is 49.4 Å². The smallest absolute Gasteiger partial charge is 0.303 e. The molecule has 4 rings (SSSR count). The summed E-state index contributed by atoms with van der Waals surface area (Å²) in [4.78, 5) is 11.1. The van der Waals surface area contributed by atoms with Gasteiger partial charge in [0.25, 0.3) is 0 Å². The Morgan fingerprint density at radius 3 is 2.51 bits per heavy atom. The zero-order valence-corrected chi connectivity index (χ0v) is 31.0. The van der Waals surface area contributed by atoms with Crippen molar-refractivity contribution < 1.29 is 40.5 Å². The van der Waals surface area contributed by atoms with Gasteiger partial charge in [0, 0.05) is 24.4 Å². The van der Waals surface area contributed by atoms with E-state index in [4.69, 9.17) is 5.11 Å². The second kappa shape index (κ2) is 21.2. The first-order valence-electron chi connectivity index (χ1n) is 19.3. The molecule has 2 aliphatic rings. The maximum absolute atomic E-state index is 12.6. The highest BCUT2D eigenvalue weighted by atomic mass is 16.4. The number of fused-ring (bicyclic) bond motifs is 2. The van der Waals surface area contributed by atoms with Gasteiger partial charge in [-0.1, -0.05) is 106 Å². The third-order valence-electron chi connectivity index (χ3n) is 10.5. The fourth-order valence-electron chi connectivity index (χ4n) is 7.47. The van der Waals surface area contributed by atoms with E-state index in [0.717, 1.165) is 59.9 Å². The lowest BCUT2D eigenvalue weighted by molar-refractivity contribution is -0.137. The van der Waals surface area contributed by atoms with E-state index >= 15 is 0 Å². The van der Waals surface area contributed by atoms with Crippen molar-refractivity contribution in [2.24, 2.45) is 5.92 Å². The Morgan fingerprint density at radius 2 is 1.77 bits per heavy atom. The van der Waals surface area contributed by atoms with E-state index < -0.39 is 48.4 Å². The summed E-state index contributed by atoms with van der Waals surface area (Å²) < 4.78 is 0. The molecule has 288 valence electrons. The Balaban J connectivity index is 1.85. The minimum Gasteiger partial charge on any atom is -0.508 e. The van der Waals surface area contributed by atoms with Crippen molar-refractivity contribution in [2.45, 2.75) is 133 Å². The molecule has 0 radical (unpaired) electrons. The van der Waals surface area contributed by atoms with E-state index in [-0.39, 0.29) is 24.6 Å². The van der Waals surface area contributed by atoms with Crippen molar-refractivity contribution in [3.63, 3.8) is 0 Å². The number of rotatable bonds is 18. The lowest BCUT2D eigenvalue weighted by Gasteiger charge is -2.44. The molecule has 53 heavy (non-hydrogen) atoms. The predicted octanol–water partition coefficient (Wildman–Crippen LogP) is 5.50. The number of aromatic hydroxyl groups is 1. The van der Waals surface area contributed by atoms with Crippen LogP contribution in [0.1, 0.15) is 101 Å². The van der Waals surface area contributed by atoms with Gasteiger partial charge in [-0.3, -0.25) is 4.79 Å². The molecule has 0 saturated heterocycles. The Hall–Kier alpha value is -3.75. The molecule has 7 atom stereocenters. The highest BCUT2D eigenvalue weighted by molar-refractivity contribution is 5.66. The molecule has 0 spiro atoms. The number of hydrogen-bond donors (Lipinski definition) is 8. The number of carboxylic acids is 1. The van der Waals surface area contributed by atoms with Gasteiger partial charge in [0.15, 0.2) is 0 Å². The van der Waals surface area contributed by atoms with Crippen molar-refractivity contribution in [3.8, 4) is 17.6 Å². The number of aryl methyl sites for hydroxylation is 1. The molecule has 0 saturated carbocycles. The SMILES string of the molecule is CCCC[C@H](O)[C@H](O)C=CC1=C(C[C@H](O)CO)[C@H](CCCCCCC(=O)O)N[C@@H]2[C@@H](C#Cc3ccccc3CC1)C=CC[C@]2(O)Cc1ccc(O)cc1. The number of aliphatic hydroxyl groups is 5. The van der Waals surface area contributed by atoms with Gasteiger partial charge in [0.1, 0.15) is 5.75 Å². The van der Waals surface area contributed by atoms with Crippen LogP contribution in [0.3, 0.4) is 0 Å². The maximum Gasteiger partial charge on any atom is 0.303 e. The molecule has 0 fully saturated rings. The molecule has 1 aliphatic heterocycles. The van der Waals surface area contributed by atoms with Crippen LogP contribution >= 0.6 is 0 Å². The number of nitrogens with one attached hydrogen (secondary N) is 1. The number of aliphatic hydroxyl groups excluding tert-OH is 4. The number of hydrogen-bond acceptors (Lipinski definition) is 8.